The summed E-state index contributed by atoms with van der Waals surface area (Å²) in [5, 5.41) is 18.4. The molecule has 92 valence electrons. The van der Waals surface area contributed by atoms with E-state index in [2.05, 4.69) is 0 Å². The number of rotatable bonds is 5. The molecule has 5 heteroatoms. The van der Waals surface area contributed by atoms with Gasteiger partial charge in [-0.1, -0.05) is 12.5 Å². The maximum atomic E-state index is 9.30. The topological polar surface area (TPSA) is 92.5 Å². The summed E-state index contributed by atoms with van der Waals surface area (Å²) in [6.07, 6.45) is 2.76. The third-order valence-electron chi connectivity index (χ3n) is 2.40. The molecule has 0 aliphatic rings. The molecule has 0 bridgehead atoms. The van der Waals surface area contributed by atoms with Crippen LogP contribution in [0.4, 0.5) is 0 Å². The number of halogens is 1. The number of aromatic hydroxyl groups is 2. The van der Waals surface area contributed by atoms with Gasteiger partial charge in [0.25, 0.3) is 0 Å². The van der Waals surface area contributed by atoms with Crippen LogP contribution >= 0.6 is 12.4 Å². The minimum atomic E-state index is -0.123. The Labute approximate surface area is 102 Å². The predicted octanol–water partition coefficient (Wildman–Crippen LogP) is 1.65. The lowest BCUT2D eigenvalue weighted by Gasteiger charge is -2.12. The summed E-state index contributed by atoms with van der Waals surface area (Å²) in [5.74, 6) is -0.241. The number of benzene rings is 1. The second-order valence-corrected chi connectivity index (χ2v) is 3.64. The normalized spacial score (nSPS) is 11.9. The van der Waals surface area contributed by atoms with Crippen LogP contribution in [0.25, 0.3) is 0 Å². The molecule has 16 heavy (non-hydrogen) atoms. The van der Waals surface area contributed by atoms with E-state index in [1.165, 1.54) is 12.1 Å². The van der Waals surface area contributed by atoms with E-state index in [-0.39, 0.29) is 29.9 Å². The fourth-order valence-corrected chi connectivity index (χ4v) is 1.45. The number of nitrogens with two attached hydrogens (primary N) is 2. The van der Waals surface area contributed by atoms with Crippen LogP contribution in [0.15, 0.2) is 18.2 Å². The molecule has 0 saturated carbocycles. The average molecular weight is 247 g/mol. The molecule has 0 aliphatic carbocycles. The quantitative estimate of drug-likeness (QED) is 0.470. The van der Waals surface area contributed by atoms with Gasteiger partial charge in [-0.05, 0) is 37.1 Å². The van der Waals surface area contributed by atoms with Crippen molar-refractivity contribution in [3.63, 3.8) is 0 Å². The summed E-state index contributed by atoms with van der Waals surface area (Å²) >= 11 is 0. The summed E-state index contributed by atoms with van der Waals surface area (Å²) in [6.45, 7) is 0.674. The van der Waals surface area contributed by atoms with E-state index in [0.29, 0.717) is 6.54 Å². The van der Waals surface area contributed by atoms with Crippen LogP contribution in [0.5, 0.6) is 11.5 Å². The van der Waals surface area contributed by atoms with E-state index in [1.807, 2.05) is 0 Å². The second-order valence-electron chi connectivity index (χ2n) is 3.64. The van der Waals surface area contributed by atoms with Crippen LogP contribution < -0.4 is 11.5 Å². The van der Waals surface area contributed by atoms with E-state index in [9.17, 15) is 5.11 Å². The lowest BCUT2D eigenvalue weighted by Crippen LogP contribution is -2.10. The molecule has 1 aromatic rings. The van der Waals surface area contributed by atoms with Gasteiger partial charge in [-0.3, -0.25) is 0 Å². The van der Waals surface area contributed by atoms with Gasteiger partial charge >= 0.3 is 0 Å². The van der Waals surface area contributed by atoms with Gasteiger partial charge in [0.2, 0.25) is 0 Å². The summed E-state index contributed by atoms with van der Waals surface area (Å²) in [7, 11) is 0. The first-order valence-corrected chi connectivity index (χ1v) is 5.12. The highest BCUT2D eigenvalue weighted by molar-refractivity contribution is 5.85. The molecular weight excluding hydrogens is 228 g/mol. The van der Waals surface area contributed by atoms with Crippen molar-refractivity contribution in [3.05, 3.63) is 23.8 Å². The number of hydrogen-bond acceptors (Lipinski definition) is 4. The molecule has 4 nitrogen and oxygen atoms in total. The van der Waals surface area contributed by atoms with Crippen LogP contribution in [-0.4, -0.2) is 16.8 Å². The Hall–Kier alpha value is -0.970. The van der Waals surface area contributed by atoms with Gasteiger partial charge in [0.05, 0.1) is 0 Å². The Kier molecular flexibility index (Phi) is 6.88. The van der Waals surface area contributed by atoms with Crippen LogP contribution in [0.3, 0.4) is 0 Å². The minimum Gasteiger partial charge on any atom is -0.504 e. The summed E-state index contributed by atoms with van der Waals surface area (Å²) in [4.78, 5) is 0. The Morgan fingerprint density at radius 1 is 1.12 bits per heavy atom. The van der Waals surface area contributed by atoms with E-state index < -0.39 is 0 Å². The fourth-order valence-electron chi connectivity index (χ4n) is 1.45. The monoisotopic (exact) mass is 246 g/mol. The summed E-state index contributed by atoms with van der Waals surface area (Å²) < 4.78 is 0. The van der Waals surface area contributed by atoms with Crippen molar-refractivity contribution >= 4 is 12.4 Å². The highest BCUT2D eigenvalue weighted by Gasteiger charge is 2.08. The van der Waals surface area contributed by atoms with Crippen molar-refractivity contribution in [1.29, 1.82) is 0 Å². The van der Waals surface area contributed by atoms with Gasteiger partial charge in [0.15, 0.2) is 11.5 Å². The number of hydrogen-bond donors (Lipinski definition) is 4. The number of phenols is 2. The Balaban J connectivity index is 0.00000225. The highest BCUT2D eigenvalue weighted by atomic mass is 35.5. The van der Waals surface area contributed by atoms with Gasteiger partial charge < -0.3 is 21.7 Å². The first kappa shape index (κ1) is 15.0. The van der Waals surface area contributed by atoms with Crippen molar-refractivity contribution in [2.45, 2.75) is 25.3 Å². The molecule has 0 aromatic heterocycles. The van der Waals surface area contributed by atoms with Crippen molar-refractivity contribution < 1.29 is 10.2 Å². The van der Waals surface area contributed by atoms with Gasteiger partial charge in [-0.2, -0.15) is 0 Å². The molecule has 0 radical (unpaired) electrons. The zero-order chi connectivity index (χ0) is 11.3. The lowest BCUT2D eigenvalue weighted by atomic mass is 10.0. The molecule has 0 heterocycles. The summed E-state index contributed by atoms with van der Waals surface area (Å²) in [5.41, 5.74) is 12.1. The van der Waals surface area contributed by atoms with E-state index >= 15 is 0 Å². The Morgan fingerprint density at radius 2 is 1.81 bits per heavy atom. The molecule has 0 spiro atoms. The zero-order valence-electron chi connectivity index (χ0n) is 9.10. The summed E-state index contributed by atoms with van der Waals surface area (Å²) in [6, 6.07) is 4.57. The standard InChI is InChI=1S/C11H18N2O2.ClH/c12-6-2-1-3-9(13)8-4-5-10(14)11(15)7-8;/h4-5,7,9,14-15H,1-3,6,12-13H2;1H/t9-;/m1./s1. The largest absolute Gasteiger partial charge is 0.504 e. The highest BCUT2D eigenvalue weighted by Crippen LogP contribution is 2.28. The van der Waals surface area contributed by atoms with Crippen molar-refractivity contribution in [1.82, 2.24) is 0 Å². The van der Waals surface area contributed by atoms with Crippen molar-refractivity contribution in [2.75, 3.05) is 6.54 Å². The third-order valence-corrected chi connectivity index (χ3v) is 2.40. The average Bonchev–Trinajstić information content (AvgIpc) is 2.22. The van der Waals surface area contributed by atoms with E-state index in [1.54, 1.807) is 6.07 Å². The molecule has 6 N–H and O–H groups in total. The molecular formula is C11H19ClN2O2. The van der Waals surface area contributed by atoms with Crippen LogP contribution in [0.1, 0.15) is 30.9 Å². The molecule has 1 rings (SSSR count). The zero-order valence-corrected chi connectivity index (χ0v) is 9.91. The van der Waals surface area contributed by atoms with Crippen molar-refractivity contribution in [3.8, 4) is 11.5 Å². The minimum absolute atomic E-state index is 0. The molecule has 0 fully saturated rings. The fraction of sp³-hybridized carbons (Fsp3) is 0.455. The Bertz CT molecular complexity index is 321. The van der Waals surface area contributed by atoms with Crippen LogP contribution in [0.2, 0.25) is 0 Å². The van der Waals surface area contributed by atoms with Gasteiger partial charge in [0.1, 0.15) is 0 Å². The number of phenolic OH excluding ortho intramolecular Hbond substituents is 2. The third kappa shape index (κ3) is 4.26. The van der Waals surface area contributed by atoms with Gasteiger partial charge in [-0.25, -0.2) is 0 Å². The second kappa shape index (κ2) is 7.33. The van der Waals surface area contributed by atoms with Crippen LogP contribution in [-0.2, 0) is 0 Å². The lowest BCUT2D eigenvalue weighted by molar-refractivity contribution is 0.402. The van der Waals surface area contributed by atoms with Crippen molar-refractivity contribution in [2.24, 2.45) is 11.5 Å². The molecule has 1 aromatic carbocycles. The molecule has 0 amide bonds. The Morgan fingerprint density at radius 3 is 2.38 bits per heavy atom. The smallest absolute Gasteiger partial charge is 0.157 e. The maximum Gasteiger partial charge on any atom is 0.157 e. The SMILES string of the molecule is Cl.NCCCC[C@@H](N)c1ccc(O)c(O)c1. The molecule has 0 aliphatic heterocycles. The molecule has 0 saturated heterocycles. The van der Waals surface area contributed by atoms with Gasteiger partial charge in [0, 0.05) is 6.04 Å². The molecule has 1 atom stereocenters. The van der Waals surface area contributed by atoms with E-state index in [0.717, 1.165) is 24.8 Å². The van der Waals surface area contributed by atoms with E-state index in [4.69, 9.17) is 16.6 Å². The first-order valence-electron chi connectivity index (χ1n) is 5.12. The number of unbranched alkanes of at least 4 members (excludes halogenated alkanes) is 1. The van der Waals surface area contributed by atoms with Gasteiger partial charge in [-0.15, -0.1) is 12.4 Å². The van der Waals surface area contributed by atoms with Crippen LogP contribution in [0, 0.1) is 0 Å². The molecule has 0 unspecified atom stereocenters. The maximum absolute atomic E-state index is 9.30. The first-order chi connectivity index (χ1) is 7.15. The predicted molar refractivity (Wildman–Crippen MR) is 66.9 cm³/mol.